The number of hydrogen-bond acceptors (Lipinski definition) is 1. The lowest BCUT2D eigenvalue weighted by atomic mass is 10.5. The molecular weight excluding hydrogens is 86.1 g/mol. The Balaban J connectivity index is 2.99. The molecule has 0 aromatic rings. The molecular formula is C6H12N+. The van der Waals surface area contributed by atoms with Gasteiger partial charge in [-0.05, 0) is 0 Å². The fourth-order valence-corrected chi connectivity index (χ4v) is 0.335. The van der Waals surface area contributed by atoms with Crippen LogP contribution in [0.15, 0.2) is 0 Å². The Bertz CT molecular complexity index is 25.7. The Morgan fingerprint density at radius 1 is 0.857 bits per heavy atom. The quantitative estimate of drug-likeness (QED) is 0.457. The van der Waals surface area contributed by atoms with Gasteiger partial charge in [-0.1, -0.05) is 0 Å². The van der Waals surface area contributed by atoms with Crippen LogP contribution in [0, 0.1) is 20.8 Å². The summed E-state index contributed by atoms with van der Waals surface area (Å²) in [4.78, 5) is 2.04. The van der Waals surface area contributed by atoms with Crippen LogP contribution < -0.4 is 4.90 Å². The Labute approximate surface area is 46.3 Å². The molecule has 0 aliphatic rings. The van der Waals surface area contributed by atoms with Crippen molar-refractivity contribution in [1.82, 2.24) is 4.90 Å². The van der Waals surface area contributed by atoms with Crippen LogP contribution in [0.5, 0.6) is 0 Å². The second-order valence-corrected chi connectivity index (χ2v) is 1.34. The minimum atomic E-state index is 0.812. The molecule has 0 fully saturated rings. The van der Waals surface area contributed by atoms with E-state index in [0.29, 0.717) is 0 Å². The third kappa shape index (κ3) is 2.63. The van der Waals surface area contributed by atoms with Crippen molar-refractivity contribution in [2.24, 2.45) is 0 Å². The van der Waals surface area contributed by atoms with E-state index in [2.05, 4.69) is 20.8 Å². The zero-order chi connectivity index (χ0) is 5.70. The van der Waals surface area contributed by atoms with Crippen LogP contribution in [0.1, 0.15) is 0 Å². The molecule has 40 valence electrons. The predicted octanol–water partition coefficient (Wildman–Crippen LogP) is 0.629. The predicted molar refractivity (Wildman–Crippen MR) is 32.8 cm³/mol. The van der Waals surface area contributed by atoms with Crippen molar-refractivity contribution >= 4 is 0 Å². The third-order valence-corrected chi connectivity index (χ3v) is 0.949. The molecule has 0 N–H and O–H groups in total. The second-order valence-electron chi connectivity index (χ2n) is 1.34. The summed E-state index contributed by atoms with van der Waals surface area (Å²) in [5, 5.41) is 0. The molecule has 0 aromatic heterocycles. The van der Waals surface area contributed by atoms with Gasteiger partial charge in [-0.2, -0.15) is 4.90 Å². The molecule has 0 amide bonds. The molecule has 0 aromatic carbocycles. The monoisotopic (exact) mass is 98.1 g/mol. The van der Waals surface area contributed by atoms with Crippen molar-refractivity contribution in [3.63, 3.8) is 0 Å². The van der Waals surface area contributed by atoms with Crippen LogP contribution in [0.3, 0.4) is 0 Å². The lowest BCUT2D eigenvalue weighted by Crippen LogP contribution is -2.29. The van der Waals surface area contributed by atoms with Crippen LogP contribution in [0.25, 0.3) is 0 Å². The maximum Gasteiger partial charge on any atom is 0.123 e. The summed E-state index contributed by atoms with van der Waals surface area (Å²) in [6, 6.07) is 0. The van der Waals surface area contributed by atoms with Gasteiger partial charge in [-0.3, -0.25) is 0 Å². The zero-order valence-corrected chi connectivity index (χ0v) is 4.69. The molecule has 1 nitrogen and oxygen atoms in total. The minimum absolute atomic E-state index is 0.812. The summed E-state index contributed by atoms with van der Waals surface area (Å²) in [5.41, 5.74) is 0. The average molecular weight is 98.2 g/mol. The van der Waals surface area contributed by atoms with E-state index in [1.54, 1.807) is 0 Å². The Kier molecular flexibility index (Phi) is 4.10. The summed E-state index contributed by atoms with van der Waals surface area (Å²) in [7, 11) is 0. The SMILES string of the molecule is [CH2]C[N+](C[CH2])C[CH2]. The van der Waals surface area contributed by atoms with Gasteiger partial charge in [0.05, 0.1) is 0 Å². The minimum Gasteiger partial charge on any atom is -0.170 e. The van der Waals surface area contributed by atoms with Crippen LogP contribution in [-0.4, -0.2) is 19.6 Å². The van der Waals surface area contributed by atoms with E-state index in [4.69, 9.17) is 0 Å². The fourth-order valence-electron chi connectivity index (χ4n) is 0.335. The molecule has 0 spiro atoms. The first-order valence-electron chi connectivity index (χ1n) is 2.45. The van der Waals surface area contributed by atoms with E-state index >= 15 is 0 Å². The van der Waals surface area contributed by atoms with Crippen LogP contribution >= 0.6 is 0 Å². The average Bonchev–Trinajstić information content (AvgIpc) is 1.72. The first kappa shape index (κ1) is 6.96. The van der Waals surface area contributed by atoms with Gasteiger partial charge >= 0.3 is 0 Å². The molecule has 0 saturated carbocycles. The Morgan fingerprint density at radius 2 is 1.14 bits per heavy atom. The largest absolute Gasteiger partial charge is 0.170 e. The van der Waals surface area contributed by atoms with Crippen molar-refractivity contribution in [3.8, 4) is 0 Å². The van der Waals surface area contributed by atoms with Gasteiger partial charge in [-0.25, -0.2) is 0 Å². The number of nitrogens with zero attached hydrogens (tertiary/aromatic N) is 1. The van der Waals surface area contributed by atoms with Gasteiger partial charge in [0.1, 0.15) is 19.6 Å². The van der Waals surface area contributed by atoms with Crippen LogP contribution in [0.2, 0.25) is 0 Å². The van der Waals surface area contributed by atoms with Crippen molar-refractivity contribution in [1.29, 1.82) is 0 Å². The highest BCUT2D eigenvalue weighted by molar-refractivity contribution is 4.66. The first-order chi connectivity index (χ1) is 3.35. The lowest BCUT2D eigenvalue weighted by molar-refractivity contribution is 0.524. The number of hydrogen-bond donors (Lipinski definition) is 0. The van der Waals surface area contributed by atoms with Crippen molar-refractivity contribution in [2.45, 2.75) is 0 Å². The molecule has 0 saturated heterocycles. The first-order valence-corrected chi connectivity index (χ1v) is 2.45. The zero-order valence-electron chi connectivity index (χ0n) is 4.69. The Hall–Kier alpha value is -0.0400. The molecule has 4 radical (unpaired) electrons. The molecule has 0 rings (SSSR count). The van der Waals surface area contributed by atoms with Gasteiger partial charge in [-0.15, -0.1) is 0 Å². The fraction of sp³-hybridized carbons (Fsp3) is 0.500. The second kappa shape index (κ2) is 4.13. The summed E-state index contributed by atoms with van der Waals surface area (Å²) in [5.74, 6) is 0. The highest BCUT2D eigenvalue weighted by Crippen LogP contribution is 1.75. The summed E-state index contributed by atoms with van der Waals surface area (Å²) in [6.07, 6.45) is 0. The van der Waals surface area contributed by atoms with E-state index in [0.717, 1.165) is 19.6 Å². The van der Waals surface area contributed by atoms with Crippen molar-refractivity contribution < 1.29 is 0 Å². The van der Waals surface area contributed by atoms with Crippen LogP contribution in [0.4, 0.5) is 0 Å². The normalized spacial score (nSPS) is 10.3. The standard InChI is InChI=1S/C6H12N/c1-4-7(5-2)6-3/h1-6H2/q+1. The smallest absolute Gasteiger partial charge is 0.123 e. The molecule has 0 aliphatic heterocycles. The van der Waals surface area contributed by atoms with Crippen LogP contribution in [-0.2, 0) is 0 Å². The van der Waals surface area contributed by atoms with Crippen molar-refractivity contribution in [2.75, 3.05) is 19.6 Å². The molecule has 1 heteroatoms. The third-order valence-electron chi connectivity index (χ3n) is 0.949. The van der Waals surface area contributed by atoms with Crippen molar-refractivity contribution in [3.05, 3.63) is 20.8 Å². The van der Waals surface area contributed by atoms with Gasteiger partial charge in [0.25, 0.3) is 0 Å². The van der Waals surface area contributed by atoms with E-state index in [1.165, 1.54) is 0 Å². The Morgan fingerprint density at radius 3 is 1.14 bits per heavy atom. The maximum absolute atomic E-state index is 3.67. The molecule has 0 unspecified atom stereocenters. The van der Waals surface area contributed by atoms with E-state index < -0.39 is 0 Å². The molecule has 0 bridgehead atoms. The topological polar surface area (TPSA) is 5.90 Å². The molecule has 0 heterocycles. The molecule has 7 heavy (non-hydrogen) atoms. The van der Waals surface area contributed by atoms with E-state index in [-0.39, 0.29) is 0 Å². The highest BCUT2D eigenvalue weighted by Gasteiger charge is 2.01. The van der Waals surface area contributed by atoms with E-state index in [1.807, 2.05) is 4.90 Å². The molecule has 0 aliphatic carbocycles. The summed E-state index contributed by atoms with van der Waals surface area (Å²) < 4.78 is 0. The van der Waals surface area contributed by atoms with E-state index in [9.17, 15) is 0 Å². The summed E-state index contributed by atoms with van der Waals surface area (Å²) >= 11 is 0. The van der Waals surface area contributed by atoms with Gasteiger partial charge in [0.15, 0.2) is 0 Å². The number of rotatable bonds is 3. The van der Waals surface area contributed by atoms with Gasteiger partial charge in [0.2, 0.25) is 0 Å². The van der Waals surface area contributed by atoms with Gasteiger partial charge < -0.3 is 0 Å². The maximum atomic E-state index is 3.67. The van der Waals surface area contributed by atoms with Gasteiger partial charge in [0, 0.05) is 20.8 Å². The highest BCUT2D eigenvalue weighted by atomic mass is 15.1. The molecule has 0 atom stereocenters. The summed E-state index contributed by atoms with van der Waals surface area (Å²) in [6.45, 7) is 13.5. The lowest BCUT2D eigenvalue weighted by Gasteiger charge is -2.01.